The average molecular weight is 381 g/mol. The molecule has 5 heteroatoms. The Morgan fingerprint density at radius 2 is 1.33 bits per heavy atom. The number of para-hydroxylation sites is 2. The molecular formula is C22H24N2O2S. The van der Waals surface area contributed by atoms with Crippen molar-refractivity contribution in [2.45, 2.75) is 30.9 Å². The van der Waals surface area contributed by atoms with Gasteiger partial charge in [-0.25, -0.2) is 8.42 Å². The fourth-order valence-electron chi connectivity index (χ4n) is 4.01. The summed E-state index contributed by atoms with van der Waals surface area (Å²) in [5.41, 5.74) is 3.36. The number of fused-ring (bicyclic) bond motifs is 2. The van der Waals surface area contributed by atoms with Gasteiger partial charge in [0, 0.05) is 28.7 Å². The zero-order valence-electron chi connectivity index (χ0n) is 15.6. The lowest BCUT2D eigenvalue weighted by molar-refractivity contribution is 0.515. The highest BCUT2D eigenvalue weighted by Gasteiger charge is 2.46. The van der Waals surface area contributed by atoms with Crippen molar-refractivity contribution in [3.05, 3.63) is 72.1 Å². The Morgan fingerprint density at radius 1 is 0.852 bits per heavy atom. The molecule has 2 aromatic carbocycles. The lowest BCUT2D eigenvalue weighted by atomic mass is 9.93. The Hall–Kier alpha value is -2.53. The van der Waals surface area contributed by atoms with Crippen molar-refractivity contribution in [2.24, 2.45) is 0 Å². The molecule has 4 nitrogen and oxygen atoms in total. The van der Waals surface area contributed by atoms with Crippen molar-refractivity contribution in [1.82, 2.24) is 9.97 Å². The molecule has 0 bridgehead atoms. The van der Waals surface area contributed by atoms with Crippen molar-refractivity contribution >= 4 is 31.6 Å². The lowest BCUT2D eigenvalue weighted by Gasteiger charge is -2.30. The molecule has 4 rings (SSSR count). The lowest BCUT2D eigenvalue weighted by Crippen LogP contribution is -2.37. The van der Waals surface area contributed by atoms with Gasteiger partial charge in [-0.15, -0.1) is 0 Å². The van der Waals surface area contributed by atoms with Crippen molar-refractivity contribution in [1.29, 1.82) is 0 Å². The standard InChI is InChI=1S/C22H24N2O2S/c1-3-4-13-22(27(2,25)26,20-14-16-9-5-7-11-18(16)23-20)21-15-17-10-6-8-12-19(17)24-21/h5-12,14-15,23-24H,3-4,13H2,1-2H3. The van der Waals surface area contributed by atoms with Crippen LogP contribution in [-0.2, 0) is 14.6 Å². The summed E-state index contributed by atoms with van der Waals surface area (Å²) in [5, 5.41) is 2.04. The second kappa shape index (κ2) is 6.57. The van der Waals surface area contributed by atoms with Crippen LogP contribution >= 0.6 is 0 Å². The molecule has 0 aliphatic carbocycles. The Morgan fingerprint density at radius 3 is 1.74 bits per heavy atom. The second-order valence-electron chi connectivity index (χ2n) is 7.24. The van der Waals surface area contributed by atoms with E-state index in [4.69, 9.17) is 0 Å². The Bertz CT molecular complexity index is 1060. The third-order valence-electron chi connectivity index (χ3n) is 5.45. The molecule has 4 aromatic rings. The summed E-state index contributed by atoms with van der Waals surface area (Å²) in [5.74, 6) is 0. The largest absolute Gasteiger partial charge is 0.357 e. The van der Waals surface area contributed by atoms with E-state index in [1.165, 1.54) is 6.26 Å². The third kappa shape index (κ3) is 2.86. The molecule has 140 valence electrons. The Kier molecular flexibility index (Phi) is 4.35. The summed E-state index contributed by atoms with van der Waals surface area (Å²) >= 11 is 0. The summed E-state index contributed by atoms with van der Waals surface area (Å²) in [6.07, 6.45) is 3.62. The predicted molar refractivity (Wildman–Crippen MR) is 112 cm³/mol. The van der Waals surface area contributed by atoms with Gasteiger partial charge in [-0.3, -0.25) is 0 Å². The minimum Gasteiger partial charge on any atom is -0.357 e. The van der Waals surface area contributed by atoms with E-state index in [1.807, 2.05) is 60.7 Å². The quantitative estimate of drug-likeness (QED) is 0.487. The van der Waals surface area contributed by atoms with Gasteiger partial charge in [-0.2, -0.15) is 0 Å². The molecule has 0 saturated heterocycles. The van der Waals surface area contributed by atoms with Crippen LogP contribution in [0.5, 0.6) is 0 Å². The van der Waals surface area contributed by atoms with Crippen molar-refractivity contribution in [2.75, 3.05) is 6.26 Å². The second-order valence-corrected chi connectivity index (χ2v) is 9.48. The molecule has 0 aliphatic heterocycles. The first-order valence-electron chi connectivity index (χ1n) is 9.32. The van der Waals surface area contributed by atoms with Gasteiger partial charge in [0.1, 0.15) is 0 Å². The number of H-pyrrole nitrogens is 2. The summed E-state index contributed by atoms with van der Waals surface area (Å²) < 4.78 is 25.4. The predicted octanol–water partition coefficient (Wildman–Crippen LogP) is 5.13. The minimum absolute atomic E-state index is 0.530. The molecule has 0 atom stereocenters. The average Bonchev–Trinajstić information content (AvgIpc) is 3.25. The van der Waals surface area contributed by atoms with Crippen LogP contribution in [0.15, 0.2) is 60.7 Å². The van der Waals surface area contributed by atoms with Crippen molar-refractivity contribution in [3.63, 3.8) is 0 Å². The highest BCUT2D eigenvalue weighted by Crippen LogP contribution is 2.43. The number of hydrogen-bond donors (Lipinski definition) is 2. The molecule has 0 radical (unpaired) electrons. The van der Waals surface area contributed by atoms with Crippen LogP contribution < -0.4 is 0 Å². The maximum Gasteiger partial charge on any atom is 0.164 e. The topological polar surface area (TPSA) is 65.7 Å². The van der Waals surface area contributed by atoms with Gasteiger partial charge in [0.25, 0.3) is 0 Å². The van der Waals surface area contributed by atoms with Crippen molar-refractivity contribution in [3.8, 4) is 0 Å². The molecule has 0 spiro atoms. The number of benzene rings is 2. The molecule has 0 aliphatic rings. The molecular weight excluding hydrogens is 356 g/mol. The normalized spacial score (nSPS) is 12.8. The number of rotatable bonds is 6. The van der Waals surface area contributed by atoms with Gasteiger partial charge in [-0.1, -0.05) is 56.2 Å². The van der Waals surface area contributed by atoms with Crippen LogP contribution in [0, 0.1) is 0 Å². The van der Waals surface area contributed by atoms with E-state index in [0.717, 1.165) is 46.0 Å². The Balaban J connectivity index is 2.03. The number of nitrogens with one attached hydrogen (secondary N) is 2. The van der Waals surface area contributed by atoms with Crippen molar-refractivity contribution < 1.29 is 8.42 Å². The van der Waals surface area contributed by atoms with Gasteiger partial charge in [0.05, 0.1) is 0 Å². The van der Waals surface area contributed by atoms with Gasteiger partial charge in [-0.05, 0) is 41.5 Å². The van der Waals surface area contributed by atoms with E-state index in [-0.39, 0.29) is 0 Å². The number of hydrogen-bond acceptors (Lipinski definition) is 2. The van der Waals surface area contributed by atoms with E-state index in [1.54, 1.807) is 0 Å². The summed E-state index contributed by atoms with van der Waals surface area (Å²) in [7, 11) is -3.46. The molecule has 0 amide bonds. The van der Waals surface area contributed by atoms with Crippen LogP contribution in [0.2, 0.25) is 0 Å². The van der Waals surface area contributed by atoms with Crippen LogP contribution in [0.1, 0.15) is 37.6 Å². The van der Waals surface area contributed by atoms with Gasteiger partial charge < -0.3 is 9.97 Å². The summed E-state index contributed by atoms with van der Waals surface area (Å²) in [4.78, 5) is 6.79. The molecule has 2 N–H and O–H groups in total. The number of unbranched alkanes of at least 4 members (excludes halogenated alkanes) is 1. The number of aromatic nitrogens is 2. The zero-order chi connectivity index (χ0) is 19.1. The maximum absolute atomic E-state index is 13.3. The first kappa shape index (κ1) is 17.9. The zero-order valence-corrected chi connectivity index (χ0v) is 16.4. The molecule has 0 saturated carbocycles. The van der Waals surface area contributed by atoms with E-state index in [2.05, 4.69) is 16.9 Å². The van der Waals surface area contributed by atoms with Crippen LogP contribution in [0.4, 0.5) is 0 Å². The van der Waals surface area contributed by atoms with Gasteiger partial charge in [0.2, 0.25) is 0 Å². The number of sulfone groups is 1. The molecule has 0 unspecified atom stereocenters. The number of aromatic amines is 2. The maximum atomic E-state index is 13.3. The monoisotopic (exact) mass is 380 g/mol. The van der Waals surface area contributed by atoms with Crippen LogP contribution in [-0.4, -0.2) is 24.6 Å². The van der Waals surface area contributed by atoms with Gasteiger partial charge in [0.15, 0.2) is 14.6 Å². The summed E-state index contributed by atoms with van der Waals surface area (Å²) in [6.45, 7) is 2.09. The fraction of sp³-hybridized carbons (Fsp3) is 0.273. The molecule has 0 fully saturated rings. The first-order chi connectivity index (χ1) is 13.0. The fourth-order valence-corrected chi connectivity index (χ4v) is 5.54. The highest BCUT2D eigenvalue weighted by atomic mass is 32.2. The SMILES string of the molecule is CCCCC(c1cc2ccccc2[nH]1)(c1cc2ccccc2[nH]1)S(C)(=O)=O. The first-order valence-corrected chi connectivity index (χ1v) is 11.2. The highest BCUT2D eigenvalue weighted by molar-refractivity contribution is 7.91. The third-order valence-corrected chi connectivity index (χ3v) is 7.36. The van der Waals surface area contributed by atoms with E-state index in [9.17, 15) is 8.42 Å². The minimum atomic E-state index is -3.46. The van der Waals surface area contributed by atoms with Crippen LogP contribution in [0.25, 0.3) is 21.8 Å². The van der Waals surface area contributed by atoms with E-state index >= 15 is 0 Å². The summed E-state index contributed by atoms with van der Waals surface area (Å²) in [6, 6.07) is 19.8. The smallest absolute Gasteiger partial charge is 0.164 e. The van der Waals surface area contributed by atoms with Gasteiger partial charge >= 0.3 is 0 Å². The van der Waals surface area contributed by atoms with E-state index in [0.29, 0.717) is 6.42 Å². The molecule has 2 aromatic heterocycles. The van der Waals surface area contributed by atoms with Crippen LogP contribution in [0.3, 0.4) is 0 Å². The Labute approximate surface area is 159 Å². The molecule has 2 heterocycles. The molecule has 27 heavy (non-hydrogen) atoms. The van der Waals surface area contributed by atoms with E-state index < -0.39 is 14.6 Å².